The van der Waals surface area contributed by atoms with Gasteiger partial charge in [-0.15, -0.1) is 0 Å². The molecule has 0 aliphatic carbocycles. The summed E-state index contributed by atoms with van der Waals surface area (Å²) in [5.41, 5.74) is 1.79. The van der Waals surface area contributed by atoms with Gasteiger partial charge in [0.05, 0.1) is 11.7 Å². The van der Waals surface area contributed by atoms with Gasteiger partial charge in [0.1, 0.15) is 0 Å². The molecular weight excluding hydrogens is 334 g/mol. The molecule has 0 radical (unpaired) electrons. The quantitative estimate of drug-likeness (QED) is 0.733. The van der Waals surface area contributed by atoms with Crippen LogP contribution in [0, 0.1) is 0 Å². The van der Waals surface area contributed by atoms with E-state index in [1.165, 1.54) is 19.3 Å². The fourth-order valence-corrected chi connectivity index (χ4v) is 2.63. The minimum atomic E-state index is -0.222. The van der Waals surface area contributed by atoms with E-state index in [2.05, 4.69) is 25.9 Å². The maximum absolute atomic E-state index is 12.1. The van der Waals surface area contributed by atoms with Gasteiger partial charge in [0.2, 0.25) is 11.9 Å². The van der Waals surface area contributed by atoms with Crippen LogP contribution in [0.5, 0.6) is 0 Å². The van der Waals surface area contributed by atoms with E-state index in [1.54, 1.807) is 18.2 Å². The van der Waals surface area contributed by atoms with Gasteiger partial charge in [-0.2, -0.15) is 0 Å². The summed E-state index contributed by atoms with van der Waals surface area (Å²) in [5, 5.41) is 8.58. The highest BCUT2D eigenvalue weighted by Crippen LogP contribution is 2.18. The Morgan fingerprint density at radius 3 is 2.69 bits per heavy atom. The lowest BCUT2D eigenvalue weighted by Gasteiger charge is -2.11. The first-order valence-electron chi connectivity index (χ1n) is 8.47. The highest BCUT2D eigenvalue weighted by molar-refractivity contribution is 5.93. The molecule has 1 atom stereocenters. The molecule has 2 heterocycles. The molecule has 8 nitrogen and oxygen atoms in total. The van der Waals surface area contributed by atoms with Crippen LogP contribution in [0.15, 0.2) is 36.7 Å². The van der Waals surface area contributed by atoms with Crippen LogP contribution in [0.25, 0.3) is 0 Å². The van der Waals surface area contributed by atoms with Gasteiger partial charge >= 0.3 is 0 Å². The maximum Gasteiger partial charge on any atom is 0.254 e. The molecule has 3 rings (SSSR count). The van der Waals surface area contributed by atoms with Gasteiger partial charge in [-0.3, -0.25) is 9.59 Å². The van der Waals surface area contributed by atoms with Crippen LogP contribution >= 0.6 is 0 Å². The van der Waals surface area contributed by atoms with Crippen molar-refractivity contribution in [1.29, 1.82) is 0 Å². The fourth-order valence-electron chi connectivity index (χ4n) is 2.63. The first-order chi connectivity index (χ1) is 12.6. The van der Waals surface area contributed by atoms with Crippen LogP contribution in [-0.4, -0.2) is 41.0 Å². The van der Waals surface area contributed by atoms with Gasteiger partial charge < -0.3 is 20.7 Å². The summed E-state index contributed by atoms with van der Waals surface area (Å²) in [6.07, 6.45) is 5.04. The Labute approximate surface area is 151 Å². The van der Waals surface area contributed by atoms with Gasteiger partial charge in [-0.25, -0.2) is 9.97 Å². The van der Waals surface area contributed by atoms with Gasteiger partial charge in [0, 0.05) is 43.8 Å². The number of ether oxygens (including phenoxy) is 1. The lowest BCUT2D eigenvalue weighted by molar-refractivity contribution is -0.114. The molecule has 1 aliphatic heterocycles. The Morgan fingerprint density at radius 2 is 2.00 bits per heavy atom. The van der Waals surface area contributed by atoms with Gasteiger partial charge in [-0.05, 0) is 31.0 Å². The molecule has 1 aliphatic rings. The van der Waals surface area contributed by atoms with E-state index in [4.69, 9.17) is 4.74 Å². The van der Waals surface area contributed by atoms with Crippen LogP contribution < -0.4 is 16.0 Å². The van der Waals surface area contributed by atoms with E-state index in [0.29, 0.717) is 23.7 Å². The van der Waals surface area contributed by atoms with Crippen molar-refractivity contribution >= 4 is 29.1 Å². The van der Waals surface area contributed by atoms with Gasteiger partial charge in [0.15, 0.2) is 0 Å². The van der Waals surface area contributed by atoms with Crippen LogP contribution in [-0.2, 0) is 9.53 Å². The number of hydrogen-bond acceptors (Lipinski definition) is 6. The summed E-state index contributed by atoms with van der Waals surface area (Å²) in [7, 11) is 0. The first-order valence-corrected chi connectivity index (χ1v) is 8.47. The molecule has 0 spiro atoms. The second kappa shape index (κ2) is 8.39. The molecule has 1 fully saturated rings. The Hall–Kier alpha value is -3.00. The summed E-state index contributed by atoms with van der Waals surface area (Å²) >= 11 is 0. The minimum absolute atomic E-state index is 0.0942. The topological polar surface area (TPSA) is 105 Å². The number of nitrogens with zero attached hydrogens (tertiary/aromatic N) is 2. The summed E-state index contributed by atoms with van der Waals surface area (Å²) in [5.74, 6) is -0.00266. The lowest BCUT2D eigenvalue weighted by Crippen LogP contribution is -2.31. The van der Waals surface area contributed by atoms with Crippen molar-refractivity contribution in [1.82, 2.24) is 15.3 Å². The molecule has 0 saturated carbocycles. The number of amides is 2. The van der Waals surface area contributed by atoms with Crippen molar-refractivity contribution in [2.75, 3.05) is 23.8 Å². The zero-order valence-electron chi connectivity index (χ0n) is 14.5. The minimum Gasteiger partial charge on any atom is -0.376 e. The zero-order valence-corrected chi connectivity index (χ0v) is 14.5. The number of nitrogens with one attached hydrogen (secondary N) is 3. The molecule has 1 saturated heterocycles. The van der Waals surface area contributed by atoms with Crippen LogP contribution in [0.2, 0.25) is 0 Å². The first kappa shape index (κ1) is 17.8. The third-order valence-electron chi connectivity index (χ3n) is 3.87. The van der Waals surface area contributed by atoms with E-state index in [-0.39, 0.29) is 17.9 Å². The number of aromatic nitrogens is 2. The highest BCUT2D eigenvalue weighted by Gasteiger charge is 2.17. The zero-order chi connectivity index (χ0) is 18.4. The molecule has 1 aromatic carbocycles. The summed E-state index contributed by atoms with van der Waals surface area (Å²) in [6.45, 7) is 2.70. The van der Waals surface area contributed by atoms with Crippen molar-refractivity contribution < 1.29 is 14.3 Å². The average molecular weight is 355 g/mol. The van der Waals surface area contributed by atoms with E-state index in [1.807, 2.05) is 6.07 Å². The molecule has 1 unspecified atom stereocenters. The number of carbonyl (C=O) groups is 2. The monoisotopic (exact) mass is 355 g/mol. The molecule has 0 bridgehead atoms. The third kappa shape index (κ3) is 5.00. The standard InChI is InChI=1S/C18H21N5O3/c1-12(24)22-14-4-2-5-15(8-14)23-18-20-9-13(10-21-18)17(25)19-11-16-6-3-7-26-16/h2,4-5,8-10,16H,3,6-7,11H2,1H3,(H,19,25)(H,22,24)(H,20,21,23). The van der Waals surface area contributed by atoms with Crippen molar-refractivity contribution in [2.45, 2.75) is 25.9 Å². The van der Waals surface area contributed by atoms with Crippen LogP contribution in [0.1, 0.15) is 30.1 Å². The largest absolute Gasteiger partial charge is 0.376 e. The molecule has 2 aromatic rings. The van der Waals surface area contributed by atoms with E-state index >= 15 is 0 Å². The number of rotatable bonds is 6. The average Bonchev–Trinajstić information content (AvgIpc) is 3.14. The summed E-state index contributed by atoms with van der Waals surface area (Å²) in [4.78, 5) is 31.6. The summed E-state index contributed by atoms with van der Waals surface area (Å²) < 4.78 is 5.48. The number of benzene rings is 1. The maximum atomic E-state index is 12.1. The van der Waals surface area contributed by atoms with E-state index < -0.39 is 0 Å². The third-order valence-corrected chi connectivity index (χ3v) is 3.87. The van der Waals surface area contributed by atoms with Crippen LogP contribution in [0.3, 0.4) is 0 Å². The smallest absolute Gasteiger partial charge is 0.254 e. The van der Waals surface area contributed by atoms with Crippen molar-refractivity contribution in [3.63, 3.8) is 0 Å². The molecule has 3 N–H and O–H groups in total. The molecule has 1 aromatic heterocycles. The second-order valence-electron chi connectivity index (χ2n) is 6.03. The predicted molar refractivity (Wildman–Crippen MR) is 97.4 cm³/mol. The highest BCUT2D eigenvalue weighted by atomic mass is 16.5. The molecule has 136 valence electrons. The van der Waals surface area contributed by atoms with Gasteiger partial charge in [0.25, 0.3) is 5.91 Å². The molecule has 26 heavy (non-hydrogen) atoms. The van der Waals surface area contributed by atoms with Crippen molar-refractivity contribution in [2.24, 2.45) is 0 Å². The van der Waals surface area contributed by atoms with Gasteiger partial charge in [-0.1, -0.05) is 6.07 Å². The Kier molecular flexibility index (Phi) is 5.75. The van der Waals surface area contributed by atoms with E-state index in [9.17, 15) is 9.59 Å². The normalized spacial score (nSPS) is 16.1. The predicted octanol–water partition coefficient (Wildman–Crippen LogP) is 2.09. The summed E-state index contributed by atoms with van der Waals surface area (Å²) in [6, 6.07) is 7.19. The molecular formula is C18H21N5O3. The Balaban J connectivity index is 1.57. The molecule has 2 amide bonds. The number of anilines is 3. The number of carbonyl (C=O) groups excluding carboxylic acids is 2. The Morgan fingerprint density at radius 1 is 1.23 bits per heavy atom. The Bertz CT molecular complexity index is 773. The lowest BCUT2D eigenvalue weighted by atomic mass is 10.2. The van der Waals surface area contributed by atoms with Crippen LogP contribution in [0.4, 0.5) is 17.3 Å². The van der Waals surface area contributed by atoms with Crippen molar-refractivity contribution in [3.8, 4) is 0 Å². The van der Waals surface area contributed by atoms with E-state index in [0.717, 1.165) is 25.1 Å². The second-order valence-corrected chi connectivity index (χ2v) is 6.03. The SMILES string of the molecule is CC(=O)Nc1cccc(Nc2ncc(C(=O)NCC3CCCO3)cn2)c1. The molecule has 8 heteroatoms. The fraction of sp³-hybridized carbons (Fsp3) is 0.333. The number of hydrogen-bond donors (Lipinski definition) is 3. The van der Waals surface area contributed by atoms with Crippen molar-refractivity contribution in [3.05, 3.63) is 42.2 Å².